The van der Waals surface area contributed by atoms with E-state index in [1.807, 2.05) is 0 Å². The third-order valence-electron chi connectivity index (χ3n) is 5.56. The predicted octanol–water partition coefficient (Wildman–Crippen LogP) is 0.734. The summed E-state index contributed by atoms with van der Waals surface area (Å²) >= 11 is 0. The lowest BCUT2D eigenvalue weighted by Crippen LogP contribution is -2.36. The molecule has 0 saturated heterocycles. The van der Waals surface area contributed by atoms with Gasteiger partial charge in [-0.2, -0.15) is 5.10 Å². The number of aromatic nitrogens is 2. The van der Waals surface area contributed by atoms with E-state index < -0.39 is 22.2 Å². The minimum atomic E-state index is -4.17. The van der Waals surface area contributed by atoms with Gasteiger partial charge in [0.1, 0.15) is 12.7 Å². The van der Waals surface area contributed by atoms with Crippen molar-refractivity contribution >= 4 is 21.7 Å². The van der Waals surface area contributed by atoms with Crippen LogP contribution in [0.1, 0.15) is 28.7 Å². The largest absolute Gasteiger partial charge is 0.474 e. The third-order valence-corrected chi connectivity index (χ3v) is 6.87. The van der Waals surface area contributed by atoms with Crippen molar-refractivity contribution in [1.82, 2.24) is 14.5 Å². The molecule has 0 bridgehead atoms. The smallest absolute Gasteiger partial charge is 0.333 e. The number of aliphatic hydroxyl groups is 1. The fourth-order valence-corrected chi connectivity index (χ4v) is 5.14. The van der Waals surface area contributed by atoms with Gasteiger partial charge >= 0.3 is 6.03 Å². The number of hydrogen-bond acceptors (Lipinski definition) is 6. The molecule has 9 nitrogen and oxygen atoms in total. The van der Waals surface area contributed by atoms with Gasteiger partial charge < -0.3 is 15.2 Å². The molecule has 2 heterocycles. The normalized spacial score (nSPS) is 19.7. The molecule has 0 radical (unpaired) electrons. The Bertz CT molecular complexity index is 1090. The maximum atomic E-state index is 12.7. The van der Waals surface area contributed by atoms with Crippen molar-refractivity contribution in [1.29, 1.82) is 0 Å². The topological polar surface area (TPSA) is 123 Å². The summed E-state index contributed by atoms with van der Waals surface area (Å²) in [6.45, 7) is 0.113. The lowest BCUT2D eigenvalue weighted by Gasteiger charge is -2.26. The Balaban J connectivity index is 1.39. The highest BCUT2D eigenvalue weighted by Gasteiger charge is 2.31. The number of aliphatic hydroxyl groups excluding tert-OH is 1. The Morgan fingerprint density at radius 1 is 1.21 bits per heavy atom. The fraction of sp³-hybridized carbons (Fsp3) is 0.444. The van der Waals surface area contributed by atoms with Crippen molar-refractivity contribution in [3.8, 4) is 5.88 Å². The van der Waals surface area contributed by atoms with Gasteiger partial charge in [-0.25, -0.2) is 22.6 Å². The molecule has 0 unspecified atom stereocenters. The van der Waals surface area contributed by atoms with Crippen LogP contribution in [0.15, 0.2) is 17.2 Å². The van der Waals surface area contributed by atoms with Crippen LogP contribution >= 0.6 is 0 Å². The standard InChI is InChI=1S/C18H20N4O5S/c23-12-8-22-17(27-9-12)15(7-19-22)28(25,26)21-18(24)20-16-13-3-1-2-10(13)6-11-4-5-14(11)16/h6-7,12,23H,1-5,8-9H2,(H2,20,21,24)/t12-/m1/s1. The number of aryl methyl sites for hydroxylation is 2. The SMILES string of the molecule is O=C(Nc1c2c(cc3c1CC3)CCC2)NS(=O)(=O)c1cnn2c1OC[C@H](O)C2. The molecular formula is C18H20N4O5S. The molecule has 5 rings (SSSR count). The number of hydrogen-bond donors (Lipinski definition) is 3. The monoisotopic (exact) mass is 404 g/mol. The van der Waals surface area contributed by atoms with Crippen LogP contribution in [0.5, 0.6) is 5.88 Å². The number of nitrogens with zero attached hydrogens (tertiary/aromatic N) is 2. The van der Waals surface area contributed by atoms with Gasteiger partial charge in [-0.15, -0.1) is 0 Å². The molecule has 2 aromatic rings. The van der Waals surface area contributed by atoms with Crippen LogP contribution in [0, 0.1) is 0 Å². The number of urea groups is 1. The number of fused-ring (bicyclic) bond motifs is 3. The number of carbonyl (C=O) groups is 1. The molecule has 1 aromatic heterocycles. The number of ether oxygens (including phenoxy) is 1. The predicted molar refractivity (Wildman–Crippen MR) is 98.9 cm³/mol. The first-order valence-electron chi connectivity index (χ1n) is 9.29. The number of nitrogens with one attached hydrogen (secondary N) is 2. The number of anilines is 1. The zero-order valence-electron chi connectivity index (χ0n) is 15.1. The maximum absolute atomic E-state index is 12.7. The third kappa shape index (κ3) is 2.75. The van der Waals surface area contributed by atoms with Crippen molar-refractivity contribution < 1.29 is 23.1 Å². The van der Waals surface area contributed by atoms with Crippen LogP contribution in [0.4, 0.5) is 10.5 Å². The molecule has 2 amide bonds. The van der Waals surface area contributed by atoms with E-state index in [9.17, 15) is 18.3 Å². The summed E-state index contributed by atoms with van der Waals surface area (Å²) in [5.74, 6) is 0.0234. The Morgan fingerprint density at radius 3 is 2.79 bits per heavy atom. The van der Waals surface area contributed by atoms with E-state index in [2.05, 4.69) is 21.2 Å². The number of carbonyl (C=O) groups excluding carboxylic acids is 1. The zero-order valence-corrected chi connectivity index (χ0v) is 15.9. The van der Waals surface area contributed by atoms with Crippen molar-refractivity contribution in [2.24, 2.45) is 0 Å². The minimum absolute atomic E-state index is 0.0234. The molecule has 0 fully saturated rings. The summed E-state index contributed by atoms with van der Waals surface area (Å²) in [4.78, 5) is 12.3. The highest BCUT2D eigenvalue weighted by molar-refractivity contribution is 7.90. The number of amides is 2. The van der Waals surface area contributed by atoms with E-state index in [1.54, 1.807) is 0 Å². The van der Waals surface area contributed by atoms with Gasteiger partial charge in [0.2, 0.25) is 5.88 Å². The molecule has 0 spiro atoms. The first kappa shape index (κ1) is 17.5. The van der Waals surface area contributed by atoms with Gasteiger partial charge in [0.25, 0.3) is 10.0 Å². The molecule has 1 aliphatic heterocycles. The van der Waals surface area contributed by atoms with Gasteiger partial charge in [0.05, 0.1) is 12.7 Å². The molecule has 10 heteroatoms. The number of benzene rings is 1. The summed E-state index contributed by atoms with van der Waals surface area (Å²) in [5, 5.41) is 16.3. The van der Waals surface area contributed by atoms with Crippen LogP contribution in [-0.4, -0.2) is 42.0 Å². The first-order chi connectivity index (χ1) is 13.4. The van der Waals surface area contributed by atoms with Gasteiger partial charge in [0, 0.05) is 5.69 Å². The lowest BCUT2D eigenvalue weighted by molar-refractivity contribution is 0.0537. The Hall–Kier alpha value is -2.59. The Labute approximate surface area is 161 Å². The molecule has 3 N–H and O–H groups in total. The second-order valence-corrected chi connectivity index (χ2v) is 9.05. The van der Waals surface area contributed by atoms with Crippen molar-refractivity contribution in [2.75, 3.05) is 11.9 Å². The molecule has 2 aliphatic carbocycles. The average Bonchev–Trinajstić information content (AvgIpc) is 3.23. The molecule has 28 heavy (non-hydrogen) atoms. The lowest BCUT2D eigenvalue weighted by atomic mass is 9.83. The highest BCUT2D eigenvalue weighted by Crippen LogP contribution is 2.39. The van der Waals surface area contributed by atoms with E-state index >= 15 is 0 Å². The van der Waals surface area contributed by atoms with Crippen LogP contribution in [0.3, 0.4) is 0 Å². The maximum Gasteiger partial charge on any atom is 0.333 e. The van der Waals surface area contributed by atoms with E-state index in [1.165, 1.54) is 15.8 Å². The van der Waals surface area contributed by atoms with Crippen molar-refractivity contribution in [2.45, 2.75) is 49.6 Å². The number of sulfonamides is 1. The minimum Gasteiger partial charge on any atom is -0.474 e. The van der Waals surface area contributed by atoms with Gasteiger partial charge in [-0.3, -0.25) is 0 Å². The van der Waals surface area contributed by atoms with Crippen LogP contribution in [0.25, 0.3) is 0 Å². The Kier molecular flexibility index (Phi) is 3.88. The Morgan fingerprint density at radius 2 is 2.00 bits per heavy atom. The van der Waals surface area contributed by atoms with Gasteiger partial charge in [0.15, 0.2) is 4.90 Å². The second-order valence-electron chi connectivity index (χ2n) is 7.40. The molecule has 1 atom stereocenters. The van der Waals surface area contributed by atoms with Crippen LogP contribution in [-0.2, 0) is 42.3 Å². The fourth-order valence-electron chi connectivity index (χ4n) is 4.15. The number of rotatable bonds is 3. The van der Waals surface area contributed by atoms with Crippen molar-refractivity contribution in [3.05, 3.63) is 34.5 Å². The first-order valence-corrected chi connectivity index (χ1v) is 10.8. The summed E-state index contributed by atoms with van der Waals surface area (Å²) in [5.41, 5.74) is 5.46. The van der Waals surface area contributed by atoms with E-state index in [0.717, 1.165) is 55.1 Å². The van der Waals surface area contributed by atoms with Gasteiger partial charge in [-0.05, 0) is 54.4 Å². The molecule has 0 saturated carbocycles. The van der Waals surface area contributed by atoms with E-state index in [-0.39, 0.29) is 23.9 Å². The second kappa shape index (κ2) is 6.21. The molecule has 3 aliphatic rings. The average molecular weight is 404 g/mol. The van der Waals surface area contributed by atoms with E-state index in [4.69, 9.17) is 4.74 Å². The quantitative estimate of drug-likeness (QED) is 0.693. The van der Waals surface area contributed by atoms with Crippen LogP contribution in [0.2, 0.25) is 0 Å². The zero-order chi connectivity index (χ0) is 19.5. The van der Waals surface area contributed by atoms with Crippen molar-refractivity contribution in [3.63, 3.8) is 0 Å². The summed E-state index contributed by atoms with van der Waals surface area (Å²) in [6.07, 6.45) is 5.16. The van der Waals surface area contributed by atoms with Gasteiger partial charge in [-0.1, -0.05) is 6.07 Å². The summed E-state index contributed by atoms with van der Waals surface area (Å²) < 4.78 is 34.0. The molecule has 148 valence electrons. The van der Waals surface area contributed by atoms with E-state index in [0.29, 0.717) is 0 Å². The van der Waals surface area contributed by atoms with Crippen LogP contribution < -0.4 is 14.8 Å². The molecule has 1 aromatic carbocycles. The summed E-state index contributed by atoms with van der Waals surface area (Å²) in [6, 6.07) is 1.41. The molecular weight excluding hydrogens is 384 g/mol. The highest BCUT2D eigenvalue weighted by atomic mass is 32.2. The summed E-state index contributed by atoms with van der Waals surface area (Å²) in [7, 11) is -4.17.